The molecular formula is C22H28N2O5S. The van der Waals surface area contributed by atoms with E-state index >= 15 is 0 Å². The van der Waals surface area contributed by atoms with Crippen LogP contribution in [-0.4, -0.2) is 40.3 Å². The van der Waals surface area contributed by atoms with Crippen molar-refractivity contribution in [1.82, 2.24) is 5.32 Å². The predicted octanol–water partition coefficient (Wildman–Crippen LogP) is 3.43. The Kier molecular flexibility index (Phi) is 5.73. The number of hydrogen-bond donors (Lipinski definition) is 1. The van der Waals surface area contributed by atoms with Crippen LogP contribution < -0.4 is 19.1 Å². The Morgan fingerprint density at radius 1 is 1.23 bits per heavy atom. The number of aryl methyl sites for hydroxylation is 1. The molecule has 1 aliphatic rings. The lowest BCUT2D eigenvalue weighted by Crippen LogP contribution is -2.41. The van der Waals surface area contributed by atoms with E-state index in [0.717, 1.165) is 17.6 Å². The van der Waals surface area contributed by atoms with Gasteiger partial charge in [0.1, 0.15) is 17.1 Å². The number of amides is 1. The normalized spacial score (nSPS) is 17.5. The molecule has 30 heavy (non-hydrogen) atoms. The molecule has 1 aliphatic heterocycles. The van der Waals surface area contributed by atoms with Crippen LogP contribution in [0.5, 0.6) is 11.5 Å². The van der Waals surface area contributed by atoms with Crippen molar-refractivity contribution in [3.63, 3.8) is 0 Å². The van der Waals surface area contributed by atoms with E-state index in [1.807, 2.05) is 32.0 Å². The van der Waals surface area contributed by atoms with Crippen molar-refractivity contribution in [1.29, 1.82) is 0 Å². The number of benzene rings is 2. The fourth-order valence-corrected chi connectivity index (χ4v) is 4.22. The fourth-order valence-electron chi connectivity index (χ4n) is 3.66. The number of ether oxygens (including phenoxy) is 2. The van der Waals surface area contributed by atoms with Gasteiger partial charge in [-0.1, -0.05) is 0 Å². The van der Waals surface area contributed by atoms with E-state index in [-0.39, 0.29) is 11.9 Å². The van der Waals surface area contributed by atoms with Crippen LogP contribution in [0.2, 0.25) is 0 Å². The zero-order valence-electron chi connectivity index (χ0n) is 18.1. The van der Waals surface area contributed by atoms with Gasteiger partial charge in [-0.05, 0) is 62.7 Å². The maximum atomic E-state index is 13.0. The molecule has 0 spiro atoms. The van der Waals surface area contributed by atoms with Crippen molar-refractivity contribution < 1.29 is 22.7 Å². The zero-order chi connectivity index (χ0) is 22.3. The lowest BCUT2D eigenvalue weighted by Gasteiger charge is -2.38. The molecular weight excluding hydrogens is 404 g/mol. The highest BCUT2D eigenvalue weighted by Gasteiger charge is 2.35. The van der Waals surface area contributed by atoms with E-state index < -0.39 is 15.6 Å². The van der Waals surface area contributed by atoms with E-state index in [9.17, 15) is 13.2 Å². The van der Waals surface area contributed by atoms with E-state index in [1.165, 1.54) is 11.4 Å². The van der Waals surface area contributed by atoms with Gasteiger partial charge in [-0.2, -0.15) is 0 Å². The highest BCUT2D eigenvalue weighted by Crippen LogP contribution is 2.41. The number of methoxy groups -OCH3 is 1. The molecule has 1 atom stereocenters. The Bertz CT molecular complexity index is 1080. The largest absolute Gasteiger partial charge is 0.497 e. The third kappa shape index (κ3) is 4.53. The van der Waals surface area contributed by atoms with Crippen LogP contribution >= 0.6 is 0 Å². The van der Waals surface area contributed by atoms with Crippen molar-refractivity contribution in [2.45, 2.75) is 38.8 Å². The van der Waals surface area contributed by atoms with Gasteiger partial charge in [0.05, 0.1) is 25.1 Å². The zero-order valence-corrected chi connectivity index (χ0v) is 19.0. The first-order valence-electron chi connectivity index (χ1n) is 9.63. The summed E-state index contributed by atoms with van der Waals surface area (Å²) < 4.78 is 36.2. The van der Waals surface area contributed by atoms with Crippen LogP contribution in [0.4, 0.5) is 5.69 Å². The molecule has 7 nitrogen and oxygen atoms in total. The van der Waals surface area contributed by atoms with Crippen molar-refractivity contribution in [2.75, 3.05) is 24.7 Å². The molecule has 0 aliphatic carbocycles. The summed E-state index contributed by atoms with van der Waals surface area (Å²) in [5.41, 5.74) is 2.14. The van der Waals surface area contributed by atoms with Crippen molar-refractivity contribution in [3.8, 4) is 11.5 Å². The monoisotopic (exact) mass is 432 g/mol. The van der Waals surface area contributed by atoms with Crippen LogP contribution in [0, 0.1) is 6.92 Å². The second-order valence-electron chi connectivity index (χ2n) is 8.23. The number of anilines is 1. The molecule has 0 bridgehead atoms. The van der Waals surface area contributed by atoms with Gasteiger partial charge in [-0.3, -0.25) is 9.10 Å². The van der Waals surface area contributed by atoms with Gasteiger partial charge in [0, 0.05) is 24.6 Å². The Morgan fingerprint density at radius 3 is 2.53 bits per heavy atom. The number of carbonyl (C=O) groups is 1. The summed E-state index contributed by atoms with van der Waals surface area (Å²) >= 11 is 0. The predicted molar refractivity (Wildman–Crippen MR) is 117 cm³/mol. The van der Waals surface area contributed by atoms with Gasteiger partial charge in [-0.25, -0.2) is 8.42 Å². The molecule has 0 saturated carbocycles. The third-order valence-electron chi connectivity index (χ3n) is 5.28. The first kappa shape index (κ1) is 22.0. The molecule has 0 aromatic heterocycles. The molecule has 8 heteroatoms. The molecule has 0 saturated heterocycles. The summed E-state index contributed by atoms with van der Waals surface area (Å²) in [5.74, 6) is 1.18. The highest BCUT2D eigenvalue weighted by atomic mass is 32.2. The van der Waals surface area contributed by atoms with Gasteiger partial charge in [0.25, 0.3) is 5.91 Å². The Morgan fingerprint density at radius 2 is 1.93 bits per heavy atom. The number of nitrogens with zero attached hydrogens (tertiary/aromatic N) is 1. The average molecular weight is 433 g/mol. The average Bonchev–Trinajstić information content (AvgIpc) is 2.65. The minimum absolute atomic E-state index is 0.233. The number of nitrogens with one attached hydrogen (secondary N) is 1. The van der Waals surface area contributed by atoms with Gasteiger partial charge in [0.2, 0.25) is 10.0 Å². The van der Waals surface area contributed by atoms with E-state index in [2.05, 4.69) is 5.32 Å². The number of fused-ring (bicyclic) bond motifs is 1. The molecule has 0 fully saturated rings. The highest BCUT2D eigenvalue weighted by molar-refractivity contribution is 7.92. The van der Waals surface area contributed by atoms with Crippen LogP contribution in [0.1, 0.15) is 47.8 Å². The van der Waals surface area contributed by atoms with E-state index in [4.69, 9.17) is 9.47 Å². The summed E-state index contributed by atoms with van der Waals surface area (Å²) in [6.07, 6.45) is 1.75. The van der Waals surface area contributed by atoms with Gasteiger partial charge in [0.15, 0.2) is 0 Å². The molecule has 0 radical (unpaired) electrons. The van der Waals surface area contributed by atoms with Crippen LogP contribution in [0.25, 0.3) is 0 Å². The second-order valence-corrected chi connectivity index (χ2v) is 10.2. The van der Waals surface area contributed by atoms with Crippen LogP contribution in [-0.2, 0) is 10.0 Å². The Balaban J connectivity index is 1.88. The number of rotatable bonds is 5. The Labute approximate surface area is 178 Å². The number of hydrogen-bond acceptors (Lipinski definition) is 5. The van der Waals surface area contributed by atoms with Crippen molar-refractivity contribution in [2.24, 2.45) is 0 Å². The fraction of sp³-hybridized carbons (Fsp3) is 0.409. The lowest BCUT2D eigenvalue weighted by molar-refractivity contribution is 0.0618. The summed E-state index contributed by atoms with van der Waals surface area (Å²) in [6.45, 7) is 5.75. The maximum Gasteiger partial charge on any atom is 0.251 e. The number of carbonyl (C=O) groups excluding carboxylic acids is 1. The lowest BCUT2D eigenvalue weighted by atomic mass is 9.89. The molecule has 2 aromatic carbocycles. The second kappa shape index (κ2) is 7.83. The molecule has 3 rings (SSSR count). The number of sulfonamides is 1. The summed E-state index contributed by atoms with van der Waals surface area (Å²) in [4.78, 5) is 13.0. The summed E-state index contributed by atoms with van der Waals surface area (Å²) in [5, 5.41) is 3.10. The quantitative estimate of drug-likeness (QED) is 0.782. The SMILES string of the molecule is COc1ccc2c(c1)[C@@H](NC(=O)c1ccc(N(C)S(C)(=O)=O)c(C)c1)CC(C)(C)O2. The smallest absolute Gasteiger partial charge is 0.251 e. The van der Waals surface area contributed by atoms with Crippen molar-refractivity contribution >= 4 is 21.6 Å². The molecule has 162 valence electrons. The standard InChI is InChI=1S/C22H28N2O5S/c1-14-11-15(7-9-19(14)24(4)30(6,26)27)21(25)23-18-13-22(2,3)29-20-10-8-16(28-5)12-17(18)20/h7-12,18H,13H2,1-6H3,(H,23,25)/t18-/m0/s1. The maximum absolute atomic E-state index is 13.0. The van der Waals surface area contributed by atoms with Gasteiger partial charge < -0.3 is 14.8 Å². The molecule has 2 aromatic rings. The van der Waals surface area contributed by atoms with E-state index in [0.29, 0.717) is 29.0 Å². The molecule has 1 heterocycles. The minimum Gasteiger partial charge on any atom is -0.497 e. The molecule has 1 amide bonds. The van der Waals surface area contributed by atoms with Crippen LogP contribution in [0.3, 0.4) is 0 Å². The summed E-state index contributed by atoms with van der Waals surface area (Å²) in [6, 6.07) is 10.3. The van der Waals surface area contributed by atoms with Gasteiger partial charge >= 0.3 is 0 Å². The first-order valence-corrected chi connectivity index (χ1v) is 11.5. The third-order valence-corrected chi connectivity index (χ3v) is 6.47. The molecule has 0 unspecified atom stereocenters. The van der Waals surface area contributed by atoms with Crippen LogP contribution in [0.15, 0.2) is 36.4 Å². The minimum atomic E-state index is -3.38. The molecule has 1 N–H and O–H groups in total. The van der Waals surface area contributed by atoms with Gasteiger partial charge in [-0.15, -0.1) is 0 Å². The Hall–Kier alpha value is -2.74. The van der Waals surface area contributed by atoms with Crippen molar-refractivity contribution in [3.05, 3.63) is 53.1 Å². The summed E-state index contributed by atoms with van der Waals surface area (Å²) in [7, 11) is -0.290. The topological polar surface area (TPSA) is 84.9 Å². The first-order chi connectivity index (χ1) is 13.9. The van der Waals surface area contributed by atoms with E-state index in [1.54, 1.807) is 32.2 Å².